The number of aryl methyl sites for hydroxylation is 1. The van der Waals surface area contributed by atoms with Crippen LogP contribution >= 0.6 is 11.6 Å². The highest BCUT2D eigenvalue weighted by Crippen LogP contribution is 2.29. The van der Waals surface area contributed by atoms with Crippen molar-refractivity contribution in [2.24, 2.45) is 0 Å². The molecule has 0 aliphatic carbocycles. The summed E-state index contributed by atoms with van der Waals surface area (Å²) in [4.78, 5) is 14.6. The molecule has 1 aliphatic rings. The fraction of sp³-hybridized carbons (Fsp3) is 0.381. The van der Waals surface area contributed by atoms with E-state index in [2.05, 4.69) is 10.2 Å². The summed E-state index contributed by atoms with van der Waals surface area (Å²) < 4.78 is 5.58. The number of nitrogens with one attached hydrogen (secondary N) is 1. The lowest BCUT2D eigenvalue weighted by Crippen LogP contribution is -2.38. The molecule has 1 heterocycles. The Morgan fingerprint density at radius 3 is 2.69 bits per heavy atom. The van der Waals surface area contributed by atoms with Crippen LogP contribution < -0.4 is 10.1 Å². The second-order valence-electron chi connectivity index (χ2n) is 6.69. The maximum atomic E-state index is 12.2. The molecule has 0 spiro atoms. The summed E-state index contributed by atoms with van der Waals surface area (Å²) in [6, 6.07) is 15.7. The molecule has 0 unspecified atom stereocenters. The highest BCUT2D eigenvalue weighted by Gasteiger charge is 2.25. The Hall–Kier alpha value is -2.04. The Labute approximate surface area is 160 Å². The van der Waals surface area contributed by atoms with Crippen molar-refractivity contribution in [1.82, 2.24) is 10.2 Å². The third kappa shape index (κ3) is 4.99. The monoisotopic (exact) mass is 372 g/mol. The van der Waals surface area contributed by atoms with Crippen molar-refractivity contribution in [3.8, 4) is 5.75 Å². The quantitative estimate of drug-likeness (QED) is 0.799. The molecular formula is C21H25ClN2O2. The molecule has 3 rings (SSSR count). The van der Waals surface area contributed by atoms with Crippen LogP contribution in [0.4, 0.5) is 0 Å². The van der Waals surface area contributed by atoms with Gasteiger partial charge >= 0.3 is 0 Å². The van der Waals surface area contributed by atoms with E-state index in [1.807, 2.05) is 55.5 Å². The average Bonchev–Trinajstić information content (AvgIpc) is 3.16. The minimum absolute atomic E-state index is 0.0126. The first kappa shape index (κ1) is 18.7. The normalized spacial score (nSPS) is 15.6. The van der Waals surface area contributed by atoms with Gasteiger partial charge in [-0.05, 0) is 62.2 Å². The van der Waals surface area contributed by atoms with Crippen molar-refractivity contribution in [3.05, 3.63) is 64.7 Å². The molecule has 138 valence electrons. The number of carbonyl (C=O) groups excluding carboxylic acids is 1. The fourth-order valence-electron chi connectivity index (χ4n) is 3.35. The van der Waals surface area contributed by atoms with Crippen LogP contribution in [0, 0.1) is 6.92 Å². The molecule has 1 amide bonds. The Balaban J connectivity index is 1.58. The van der Waals surface area contributed by atoms with Crippen molar-refractivity contribution in [1.29, 1.82) is 0 Å². The van der Waals surface area contributed by atoms with E-state index in [4.69, 9.17) is 16.3 Å². The van der Waals surface area contributed by atoms with Crippen molar-refractivity contribution < 1.29 is 9.53 Å². The number of nitrogens with zero attached hydrogens (tertiary/aromatic N) is 1. The van der Waals surface area contributed by atoms with Crippen molar-refractivity contribution >= 4 is 17.5 Å². The van der Waals surface area contributed by atoms with Crippen LogP contribution in [0.15, 0.2) is 48.5 Å². The molecule has 1 aliphatic heterocycles. The summed E-state index contributed by atoms with van der Waals surface area (Å²) in [7, 11) is 0. The van der Waals surface area contributed by atoms with E-state index in [9.17, 15) is 4.79 Å². The van der Waals surface area contributed by atoms with Crippen LogP contribution in [0.5, 0.6) is 5.75 Å². The summed E-state index contributed by atoms with van der Waals surface area (Å²) >= 11 is 6.40. The van der Waals surface area contributed by atoms with Gasteiger partial charge in [-0.3, -0.25) is 9.69 Å². The van der Waals surface area contributed by atoms with Gasteiger partial charge in [0, 0.05) is 11.6 Å². The molecule has 1 N–H and O–H groups in total. The average molecular weight is 373 g/mol. The zero-order valence-electron chi connectivity index (χ0n) is 15.1. The van der Waals surface area contributed by atoms with Gasteiger partial charge in [0.2, 0.25) is 0 Å². The lowest BCUT2D eigenvalue weighted by molar-refractivity contribution is -0.123. The minimum Gasteiger partial charge on any atom is -0.484 e. The highest BCUT2D eigenvalue weighted by atomic mass is 35.5. The van der Waals surface area contributed by atoms with E-state index in [1.54, 1.807) is 0 Å². The van der Waals surface area contributed by atoms with Gasteiger partial charge < -0.3 is 10.1 Å². The third-order valence-corrected chi connectivity index (χ3v) is 5.04. The largest absolute Gasteiger partial charge is 0.484 e. The van der Waals surface area contributed by atoms with Crippen LogP contribution in [-0.2, 0) is 4.79 Å². The topological polar surface area (TPSA) is 41.6 Å². The number of carbonyl (C=O) groups is 1. The lowest BCUT2D eigenvalue weighted by atomic mass is 10.1. The molecule has 1 saturated heterocycles. The molecule has 4 nitrogen and oxygen atoms in total. The summed E-state index contributed by atoms with van der Waals surface area (Å²) in [6.45, 7) is 4.60. The second-order valence-corrected chi connectivity index (χ2v) is 7.10. The summed E-state index contributed by atoms with van der Waals surface area (Å²) in [5.74, 6) is 0.588. The van der Waals surface area contributed by atoms with Gasteiger partial charge in [-0.25, -0.2) is 0 Å². The van der Waals surface area contributed by atoms with Crippen molar-refractivity contribution in [2.75, 3.05) is 26.2 Å². The number of ether oxygens (including phenoxy) is 1. The van der Waals surface area contributed by atoms with Crippen LogP contribution in [0.3, 0.4) is 0 Å². The zero-order chi connectivity index (χ0) is 18.4. The van der Waals surface area contributed by atoms with Gasteiger partial charge in [0.05, 0.1) is 6.04 Å². The third-order valence-electron chi connectivity index (χ3n) is 4.70. The predicted molar refractivity (Wildman–Crippen MR) is 105 cm³/mol. The lowest BCUT2D eigenvalue weighted by Gasteiger charge is -2.29. The molecule has 26 heavy (non-hydrogen) atoms. The number of hydrogen-bond acceptors (Lipinski definition) is 3. The molecule has 0 bridgehead atoms. The van der Waals surface area contributed by atoms with Crippen LogP contribution in [0.1, 0.15) is 30.0 Å². The number of benzene rings is 2. The first-order chi connectivity index (χ1) is 12.6. The number of likely N-dealkylation sites (tertiary alicyclic amines) is 1. The molecule has 5 heteroatoms. The van der Waals surface area contributed by atoms with Crippen molar-refractivity contribution in [2.45, 2.75) is 25.8 Å². The SMILES string of the molecule is Cc1cccc(OCC(=O)NC[C@@H](c2ccccc2Cl)N2CCCC2)c1. The van der Waals surface area contributed by atoms with E-state index in [0.29, 0.717) is 12.3 Å². The maximum Gasteiger partial charge on any atom is 0.258 e. The Kier molecular flexibility index (Phi) is 6.53. The molecular weight excluding hydrogens is 348 g/mol. The first-order valence-corrected chi connectivity index (χ1v) is 9.46. The van der Waals surface area contributed by atoms with Gasteiger partial charge in [-0.1, -0.05) is 41.9 Å². The minimum atomic E-state index is -0.122. The van der Waals surface area contributed by atoms with E-state index in [1.165, 1.54) is 12.8 Å². The van der Waals surface area contributed by atoms with E-state index >= 15 is 0 Å². The maximum absolute atomic E-state index is 12.2. The zero-order valence-corrected chi connectivity index (χ0v) is 15.8. The van der Waals surface area contributed by atoms with Crippen LogP contribution in [-0.4, -0.2) is 37.0 Å². The van der Waals surface area contributed by atoms with Crippen LogP contribution in [0.2, 0.25) is 5.02 Å². The molecule has 0 aromatic heterocycles. The Bertz CT molecular complexity index is 744. The highest BCUT2D eigenvalue weighted by molar-refractivity contribution is 6.31. The predicted octanol–water partition coefficient (Wildman–Crippen LogP) is 3.98. The van der Waals surface area contributed by atoms with E-state index in [-0.39, 0.29) is 18.6 Å². The van der Waals surface area contributed by atoms with Gasteiger partial charge in [-0.15, -0.1) is 0 Å². The van der Waals surface area contributed by atoms with E-state index < -0.39 is 0 Å². The smallest absolute Gasteiger partial charge is 0.258 e. The van der Waals surface area contributed by atoms with Crippen LogP contribution in [0.25, 0.3) is 0 Å². The Morgan fingerprint density at radius 1 is 1.19 bits per heavy atom. The molecule has 2 aromatic rings. The van der Waals surface area contributed by atoms with Crippen molar-refractivity contribution in [3.63, 3.8) is 0 Å². The van der Waals surface area contributed by atoms with Gasteiger partial charge in [0.15, 0.2) is 6.61 Å². The van der Waals surface area contributed by atoms with E-state index in [0.717, 1.165) is 29.2 Å². The Morgan fingerprint density at radius 2 is 1.96 bits per heavy atom. The summed E-state index contributed by atoms with van der Waals surface area (Å²) in [5, 5.41) is 3.75. The first-order valence-electron chi connectivity index (χ1n) is 9.08. The number of hydrogen-bond donors (Lipinski definition) is 1. The molecule has 0 radical (unpaired) electrons. The standard InChI is InChI=1S/C21H25ClN2O2/c1-16-7-6-8-17(13-16)26-15-21(25)23-14-20(24-11-4-5-12-24)18-9-2-3-10-19(18)22/h2-3,6-10,13,20H,4-5,11-12,14-15H2,1H3,(H,23,25)/t20-/m0/s1. The van der Waals surface area contributed by atoms with Gasteiger partial charge in [0.25, 0.3) is 5.91 Å². The number of rotatable bonds is 7. The van der Waals surface area contributed by atoms with Gasteiger partial charge in [0.1, 0.15) is 5.75 Å². The number of amides is 1. The summed E-state index contributed by atoms with van der Waals surface area (Å²) in [5.41, 5.74) is 2.17. The fourth-order valence-corrected chi connectivity index (χ4v) is 3.61. The molecule has 0 saturated carbocycles. The molecule has 1 atom stereocenters. The molecule has 2 aromatic carbocycles. The molecule has 1 fully saturated rings. The van der Waals surface area contributed by atoms with Gasteiger partial charge in [-0.2, -0.15) is 0 Å². The number of halogens is 1. The second kappa shape index (κ2) is 9.06. The summed E-state index contributed by atoms with van der Waals surface area (Å²) in [6.07, 6.45) is 2.37.